The summed E-state index contributed by atoms with van der Waals surface area (Å²) in [5.74, 6) is 0.806. The first-order chi connectivity index (χ1) is 8.74. The summed E-state index contributed by atoms with van der Waals surface area (Å²) in [6, 6.07) is 6.75. The smallest absolute Gasteiger partial charge is 0.125 e. The fraction of sp³-hybridized carbons (Fsp3) is 0.333. The largest absolute Gasteiger partial charge is 0.327 e. The molecule has 0 fully saturated rings. The molecule has 3 rings (SSSR count). The number of aryl methyl sites for hydroxylation is 2. The summed E-state index contributed by atoms with van der Waals surface area (Å²) in [5.41, 5.74) is 11.2. The van der Waals surface area contributed by atoms with Crippen LogP contribution in [-0.4, -0.2) is 16.0 Å². The first kappa shape index (κ1) is 11.4. The van der Waals surface area contributed by atoms with Crippen LogP contribution in [0.4, 0.5) is 0 Å². The summed E-state index contributed by atoms with van der Waals surface area (Å²) >= 11 is 0. The average molecular weight is 239 g/mol. The number of aromatic nitrogens is 2. The Morgan fingerprint density at radius 2 is 2.00 bits per heavy atom. The molecule has 1 aliphatic rings. The summed E-state index contributed by atoms with van der Waals surface area (Å²) in [6.45, 7) is 1.90. The van der Waals surface area contributed by atoms with Crippen molar-refractivity contribution < 1.29 is 0 Å². The van der Waals surface area contributed by atoms with Crippen LogP contribution in [0.2, 0.25) is 0 Å². The number of hydrogen-bond donors (Lipinski definition) is 1. The highest BCUT2D eigenvalue weighted by molar-refractivity contribution is 5.68. The SMILES string of the molecule is Cc1ncc(-c2cccc3c2CC(N)CC3)cn1. The molecule has 2 N–H and O–H groups in total. The number of nitrogens with zero attached hydrogens (tertiary/aromatic N) is 2. The van der Waals surface area contributed by atoms with Crippen molar-refractivity contribution in [1.29, 1.82) is 0 Å². The second-order valence-corrected chi connectivity index (χ2v) is 4.97. The highest BCUT2D eigenvalue weighted by Crippen LogP contribution is 2.30. The lowest BCUT2D eigenvalue weighted by atomic mass is 9.84. The van der Waals surface area contributed by atoms with E-state index in [-0.39, 0.29) is 6.04 Å². The van der Waals surface area contributed by atoms with E-state index in [9.17, 15) is 0 Å². The Morgan fingerprint density at radius 3 is 2.78 bits per heavy atom. The second-order valence-electron chi connectivity index (χ2n) is 4.97. The number of rotatable bonds is 1. The van der Waals surface area contributed by atoms with E-state index in [1.165, 1.54) is 16.7 Å². The van der Waals surface area contributed by atoms with E-state index in [2.05, 4.69) is 28.2 Å². The molecule has 0 aliphatic heterocycles. The number of hydrogen-bond acceptors (Lipinski definition) is 3. The molecule has 3 heteroatoms. The molecule has 1 atom stereocenters. The van der Waals surface area contributed by atoms with Gasteiger partial charge in [0.1, 0.15) is 5.82 Å². The highest BCUT2D eigenvalue weighted by Gasteiger charge is 2.18. The molecule has 0 bridgehead atoms. The van der Waals surface area contributed by atoms with Gasteiger partial charge in [0, 0.05) is 24.0 Å². The van der Waals surface area contributed by atoms with E-state index in [1.54, 1.807) is 0 Å². The lowest BCUT2D eigenvalue weighted by Crippen LogP contribution is -2.28. The molecule has 92 valence electrons. The fourth-order valence-corrected chi connectivity index (χ4v) is 2.62. The minimum Gasteiger partial charge on any atom is -0.327 e. The monoisotopic (exact) mass is 239 g/mol. The standard InChI is InChI=1S/C15H17N3/c1-10-17-8-12(9-18-10)14-4-2-3-11-5-6-13(16)7-15(11)14/h2-4,8-9,13H,5-7,16H2,1H3. The molecule has 0 amide bonds. The van der Waals surface area contributed by atoms with Gasteiger partial charge in [-0.25, -0.2) is 9.97 Å². The molecule has 0 radical (unpaired) electrons. The van der Waals surface area contributed by atoms with Gasteiger partial charge in [0.05, 0.1) is 0 Å². The normalized spacial score (nSPS) is 18.4. The molecule has 0 saturated carbocycles. The van der Waals surface area contributed by atoms with Gasteiger partial charge in [-0.1, -0.05) is 18.2 Å². The molecule has 3 nitrogen and oxygen atoms in total. The zero-order valence-corrected chi connectivity index (χ0v) is 10.6. The third kappa shape index (κ3) is 2.02. The Hall–Kier alpha value is -1.74. The van der Waals surface area contributed by atoms with Crippen LogP contribution in [0.15, 0.2) is 30.6 Å². The van der Waals surface area contributed by atoms with Gasteiger partial charge >= 0.3 is 0 Å². The molecule has 0 saturated heterocycles. The molecule has 1 heterocycles. The topological polar surface area (TPSA) is 51.8 Å². The Balaban J connectivity index is 2.09. The summed E-state index contributed by atoms with van der Waals surface area (Å²) in [7, 11) is 0. The first-order valence-corrected chi connectivity index (χ1v) is 6.39. The van der Waals surface area contributed by atoms with Crippen molar-refractivity contribution in [3.63, 3.8) is 0 Å². The van der Waals surface area contributed by atoms with Gasteiger partial charge in [-0.15, -0.1) is 0 Å². The van der Waals surface area contributed by atoms with Crippen LogP contribution >= 0.6 is 0 Å². The third-order valence-corrected chi connectivity index (χ3v) is 3.62. The lowest BCUT2D eigenvalue weighted by molar-refractivity contribution is 0.577. The maximum absolute atomic E-state index is 6.09. The molecule has 2 aromatic rings. The maximum Gasteiger partial charge on any atom is 0.125 e. The van der Waals surface area contributed by atoms with Gasteiger partial charge in [0.15, 0.2) is 0 Å². The van der Waals surface area contributed by atoms with Crippen molar-refractivity contribution in [3.05, 3.63) is 47.5 Å². The van der Waals surface area contributed by atoms with Gasteiger partial charge < -0.3 is 5.73 Å². The molecular weight excluding hydrogens is 222 g/mol. The van der Waals surface area contributed by atoms with Crippen LogP contribution in [0, 0.1) is 6.92 Å². The zero-order valence-electron chi connectivity index (χ0n) is 10.6. The quantitative estimate of drug-likeness (QED) is 0.830. The van der Waals surface area contributed by atoms with Gasteiger partial charge in [-0.05, 0) is 42.9 Å². The molecule has 1 aromatic heterocycles. The summed E-state index contributed by atoms with van der Waals surface area (Å²) in [6.07, 6.45) is 6.92. The van der Waals surface area contributed by atoms with Gasteiger partial charge in [0.25, 0.3) is 0 Å². The van der Waals surface area contributed by atoms with Crippen LogP contribution in [0.5, 0.6) is 0 Å². The predicted octanol–water partition coefficient (Wildman–Crippen LogP) is 2.27. The molecule has 0 spiro atoms. The van der Waals surface area contributed by atoms with Crippen LogP contribution < -0.4 is 5.73 Å². The van der Waals surface area contributed by atoms with E-state index < -0.39 is 0 Å². The van der Waals surface area contributed by atoms with Crippen LogP contribution in [-0.2, 0) is 12.8 Å². The summed E-state index contributed by atoms with van der Waals surface area (Å²) in [4.78, 5) is 8.56. The Labute approximate surface area is 107 Å². The lowest BCUT2D eigenvalue weighted by Gasteiger charge is -2.24. The molecule has 1 unspecified atom stereocenters. The van der Waals surface area contributed by atoms with Crippen LogP contribution in [0.25, 0.3) is 11.1 Å². The van der Waals surface area contributed by atoms with E-state index in [1.807, 2.05) is 19.3 Å². The fourth-order valence-electron chi connectivity index (χ4n) is 2.62. The Morgan fingerprint density at radius 1 is 1.22 bits per heavy atom. The minimum atomic E-state index is 0.282. The van der Waals surface area contributed by atoms with Crippen molar-refractivity contribution in [2.45, 2.75) is 32.2 Å². The summed E-state index contributed by atoms with van der Waals surface area (Å²) < 4.78 is 0. The molecule has 18 heavy (non-hydrogen) atoms. The van der Waals surface area contributed by atoms with Crippen molar-refractivity contribution in [1.82, 2.24) is 9.97 Å². The van der Waals surface area contributed by atoms with Gasteiger partial charge in [0.2, 0.25) is 0 Å². The predicted molar refractivity (Wildman–Crippen MR) is 72.2 cm³/mol. The van der Waals surface area contributed by atoms with Crippen molar-refractivity contribution in [3.8, 4) is 11.1 Å². The van der Waals surface area contributed by atoms with E-state index in [4.69, 9.17) is 5.73 Å². The maximum atomic E-state index is 6.09. The van der Waals surface area contributed by atoms with Crippen molar-refractivity contribution in [2.24, 2.45) is 5.73 Å². The minimum absolute atomic E-state index is 0.282. The van der Waals surface area contributed by atoms with Gasteiger partial charge in [-0.2, -0.15) is 0 Å². The molecule has 1 aromatic carbocycles. The van der Waals surface area contributed by atoms with E-state index in [0.717, 1.165) is 30.7 Å². The van der Waals surface area contributed by atoms with Crippen molar-refractivity contribution >= 4 is 0 Å². The van der Waals surface area contributed by atoms with Crippen LogP contribution in [0.1, 0.15) is 23.4 Å². The highest BCUT2D eigenvalue weighted by atomic mass is 14.8. The number of benzene rings is 1. The Bertz CT molecular complexity index is 560. The first-order valence-electron chi connectivity index (χ1n) is 6.39. The van der Waals surface area contributed by atoms with Gasteiger partial charge in [-0.3, -0.25) is 0 Å². The van der Waals surface area contributed by atoms with Crippen molar-refractivity contribution in [2.75, 3.05) is 0 Å². The number of nitrogens with two attached hydrogens (primary N) is 1. The molecular formula is C15H17N3. The molecule has 1 aliphatic carbocycles. The summed E-state index contributed by atoms with van der Waals surface area (Å²) in [5, 5.41) is 0. The second kappa shape index (κ2) is 4.50. The number of fused-ring (bicyclic) bond motifs is 1. The van der Waals surface area contributed by atoms with Crippen LogP contribution in [0.3, 0.4) is 0 Å². The van der Waals surface area contributed by atoms with E-state index >= 15 is 0 Å². The Kier molecular flexibility index (Phi) is 2.84. The average Bonchev–Trinajstić information content (AvgIpc) is 2.39. The van der Waals surface area contributed by atoms with E-state index in [0.29, 0.717) is 0 Å². The third-order valence-electron chi connectivity index (χ3n) is 3.62. The zero-order chi connectivity index (χ0) is 12.5.